The van der Waals surface area contributed by atoms with Gasteiger partial charge in [0.1, 0.15) is 0 Å². The molecule has 2 heterocycles. The quantitative estimate of drug-likeness (QED) is 0.674. The van der Waals surface area contributed by atoms with Gasteiger partial charge in [-0.15, -0.1) is 10.2 Å². The fourth-order valence-corrected chi connectivity index (χ4v) is 2.90. The standard InChI is InChI=1S/C18H21ClN6O4/c1-20-17(26)15-13(10-14(19)23-24-15)21-11-4-3-5-12(16(11)28-2)22-18(27)25-6-8-29-9-7-25/h3-5,10H,6-9H2,1-2H3,(H,20,26)(H,21,23)(H,22,27)/i1D3. The van der Waals surface area contributed by atoms with Crippen LogP contribution in [-0.2, 0) is 4.74 Å². The van der Waals surface area contributed by atoms with Crippen LogP contribution in [0.15, 0.2) is 24.3 Å². The van der Waals surface area contributed by atoms with Crippen molar-refractivity contribution in [1.82, 2.24) is 20.4 Å². The summed E-state index contributed by atoms with van der Waals surface area (Å²) >= 11 is 5.92. The number of aromatic nitrogens is 2. The maximum absolute atomic E-state index is 12.6. The highest BCUT2D eigenvalue weighted by Crippen LogP contribution is 2.36. The molecule has 0 atom stereocenters. The molecule has 2 aromatic rings. The van der Waals surface area contributed by atoms with Crippen LogP contribution >= 0.6 is 11.6 Å². The van der Waals surface area contributed by atoms with E-state index in [0.29, 0.717) is 37.7 Å². The maximum Gasteiger partial charge on any atom is 0.322 e. The van der Waals surface area contributed by atoms with Gasteiger partial charge in [-0.05, 0) is 12.1 Å². The first-order valence-electron chi connectivity index (χ1n) is 10.1. The number of carbonyl (C=O) groups excluding carboxylic acids is 2. The van der Waals surface area contributed by atoms with Crippen LogP contribution in [0.5, 0.6) is 5.75 Å². The molecule has 29 heavy (non-hydrogen) atoms. The Morgan fingerprint density at radius 3 is 2.72 bits per heavy atom. The van der Waals surface area contributed by atoms with E-state index >= 15 is 0 Å². The van der Waals surface area contributed by atoms with E-state index in [-0.39, 0.29) is 28.3 Å². The van der Waals surface area contributed by atoms with Crippen LogP contribution in [0.4, 0.5) is 21.9 Å². The first kappa shape index (κ1) is 16.8. The Morgan fingerprint density at radius 1 is 1.24 bits per heavy atom. The summed E-state index contributed by atoms with van der Waals surface area (Å²) in [6, 6.07) is 5.97. The number of morpholine rings is 1. The zero-order valence-electron chi connectivity index (χ0n) is 18.5. The summed E-state index contributed by atoms with van der Waals surface area (Å²) in [5, 5.41) is 14.9. The second-order valence-electron chi connectivity index (χ2n) is 5.92. The van der Waals surface area contributed by atoms with Crippen LogP contribution in [0.3, 0.4) is 0 Å². The number of hydrogen-bond donors (Lipinski definition) is 3. The molecule has 0 spiro atoms. The highest BCUT2D eigenvalue weighted by atomic mass is 35.5. The van der Waals surface area contributed by atoms with E-state index in [1.54, 1.807) is 23.1 Å². The Hall–Kier alpha value is -3.11. The maximum atomic E-state index is 12.6. The summed E-state index contributed by atoms with van der Waals surface area (Å²) < 4.78 is 32.4. The predicted octanol–water partition coefficient (Wildman–Crippen LogP) is 2.11. The van der Waals surface area contributed by atoms with Crippen LogP contribution in [0.1, 0.15) is 14.6 Å². The first-order chi connectivity index (χ1) is 15.2. The van der Waals surface area contributed by atoms with E-state index in [1.807, 2.05) is 5.32 Å². The van der Waals surface area contributed by atoms with E-state index in [1.165, 1.54) is 13.2 Å². The number of urea groups is 1. The number of benzene rings is 1. The molecule has 3 amide bonds. The van der Waals surface area contributed by atoms with Gasteiger partial charge in [-0.2, -0.15) is 0 Å². The molecule has 0 aliphatic carbocycles. The summed E-state index contributed by atoms with van der Waals surface area (Å²) in [5.41, 5.74) is 0.576. The van der Waals surface area contributed by atoms with E-state index in [9.17, 15) is 9.59 Å². The van der Waals surface area contributed by atoms with Gasteiger partial charge in [0.05, 0.1) is 37.4 Å². The molecule has 0 bridgehead atoms. The third-order valence-corrected chi connectivity index (χ3v) is 4.31. The summed E-state index contributed by atoms with van der Waals surface area (Å²) in [7, 11) is 1.42. The lowest BCUT2D eigenvalue weighted by Gasteiger charge is -2.27. The largest absolute Gasteiger partial charge is 0.492 e. The average molecular weight is 424 g/mol. The van der Waals surface area contributed by atoms with Crippen molar-refractivity contribution in [3.63, 3.8) is 0 Å². The van der Waals surface area contributed by atoms with Crippen molar-refractivity contribution in [3.8, 4) is 5.75 Å². The number of amides is 3. The number of nitrogens with one attached hydrogen (secondary N) is 3. The van der Waals surface area contributed by atoms with Crippen molar-refractivity contribution < 1.29 is 23.2 Å². The van der Waals surface area contributed by atoms with Gasteiger partial charge in [-0.25, -0.2) is 4.79 Å². The lowest BCUT2D eigenvalue weighted by Crippen LogP contribution is -2.43. The minimum Gasteiger partial charge on any atom is -0.492 e. The molecule has 0 saturated carbocycles. The Labute approximate surface area is 176 Å². The number of halogens is 1. The molecular formula is C18H21ClN6O4. The molecule has 154 valence electrons. The molecule has 0 unspecified atom stereocenters. The van der Waals surface area contributed by atoms with E-state index in [4.69, 9.17) is 25.2 Å². The van der Waals surface area contributed by atoms with Crippen LogP contribution in [0.25, 0.3) is 0 Å². The summed E-state index contributed by atoms with van der Waals surface area (Å²) in [5.74, 6) is -0.684. The zero-order chi connectivity index (χ0) is 23.3. The fourth-order valence-electron chi connectivity index (χ4n) is 2.75. The van der Waals surface area contributed by atoms with Gasteiger partial charge in [0.15, 0.2) is 16.6 Å². The molecule has 3 rings (SSSR count). The first-order valence-corrected chi connectivity index (χ1v) is 8.99. The molecule has 1 aliphatic heterocycles. The zero-order valence-corrected chi connectivity index (χ0v) is 16.2. The van der Waals surface area contributed by atoms with Gasteiger partial charge in [0, 0.05) is 30.2 Å². The third-order valence-electron chi connectivity index (χ3n) is 4.12. The van der Waals surface area contributed by atoms with Crippen molar-refractivity contribution in [1.29, 1.82) is 0 Å². The average Bonchev–Trinajstić information content (AvgIpc) is 2.73. The Balaban J connectivity index is 1.88. The lowest BCUT2D eigenvalue weighted by molar-refractivity contribution is 0.0564. The minimum absolute atomic E-state index is 0.0197. The predicted molar refractivity (Wildman–Crippen MR) is 108 cm³/mol. The van der Waals surface area contributed by atoms with Crippen LogP contribution < -0.4 is 20.7 Å². The SMILES string of the molecule is [2H]C([2H])([2H])NC(=O)c1nnc(Cl)cc1Nc1cccc(NC(=O)N2CCOCC2)c1OC. The van der Waals surface area contributed by atoms with Crippen molar-refractivity contribution >= 4 is 40.6 Å². The third kappa shape index (κ3) is 4.84. The van der Waals surface area contributed by atoms with Gasteiger partial charge in [-0.3, -0.25) is 4.79 Å². The van der Waals surface area contributed by atoms with Crippen molar-refractivity contribution in [2.45, 2.75) is 0 Å². The smallest absolute Gasteiger partial charge is 0.322 e. The molecular weight excluding hydrogens is 400 g/mol. The highest BCUT2D eigenvalue weighted by Gasteiger charge is 2.20. The van der Waals surface area contributed by atoms with Gasteiger partial charge in [-0.1, -0.05) is 17.7 Å². The minimum atomic E-state index is -2.71. The normalized spacial score (nSPS) is 15.5. The van der Waals surface area contributed by atoms with Gasteiger partial charge < -0.3 is 30.3 Å². The number of nitrogens with zero attached hydrogens (tertiary/aromatic N) is 3. The number of ether oxygens (including phenoxy) is 2. The number of anilines is 3. The Morgan fingerprint density at radius 2 is 2.00 bits per heavy atom. The van der Waals surface area contributed by atoms with Gasteiger partial charge >= 0.3 is 6.03 Å². The molecule has 1 aliphatic rings. The molecule has 1 aromatic carbocycles. The van der Waals surface area contributed by atoms with Gasteiger partial charge in [0.25, 0.3) is 5.91 Å². The summed E-state index contributed by atoms with van der Waals surface area (Å²) in [4.78, 5) is 26.5. The molecule has 1 saturated heterocycles. The van der Waals surface area contributed by atoms with E-state index < -0.39 is 12.9 Å². The highest BCUT2D eigenvalue weighted by molar-refractivity contribution is 6.29. The van der Waals surface area contributed by atoms with E-state index in [2.05, 4.69) is 20.8 Å². The van der Waals surface area contributed by atoms with Crippen LogP contribution in [0.2, 0.25) is 5.15 Å². The Kier molecular flexibility index (Phi) is 5.44. The number of carbonyl (C=O) groups is 2. The van der Waals surface area contributed by atoms with Gasteiger partial charge in [0.2, 0.25) is 0 Å². The molecule has 3 N–H and O–H groups in total. The second kappa shape index (κ2) is 9.39. The number of methoxy groups -OCH3 is 1. The van der Waals surface area contributed by atoms with Crippen molar-refractivity contribution in [3.05, 3.63) is 35.1 Å². The van der Waals surface area contributed by atoms with Crippen LogP contribution in [-0.4, -0.2) is 67.4 Å². The lowest BCUT2D eigenvalue weighted by atomic mass is 10.2. The number of rotatable bonds is 5. The van der Waals surface area contributed by atoms with Crippen molar-refractivity contribution in [2.24, 2.45) is 0 Å². The molecule has 11 heteroatoms. The van der Waals surface area contributed by atoms with Crippen LogP contribution in [0, 0.1) is 0 Å². The number of para-hydroxylation sites is 1. The molecule has 10 nitrogen and oxygen atoms in total. The summed E-state index contributed by atoms with van der Waals surface area (Å²) in [6.45, 7) is -0.854. The Bertz CT molecular complexity index is 1000. The molecule has 1 aromatic heterocycles. The van der Waals surface area contributed by atoms with E-state index in [0.717, 1.165) is 0 Å². The molecule has 0 radical (unpaired) electrons. The second-order valence-corrected chi connectivity index (χ2v) is 6.31. The molecule has 1 fully saturated rings. The number of hydrogen-bond acceptors (Lipinski definition) is 7. The monoisotopic (exact) mass is 423 g/mol. The topological polar surface area (TPSA) is 118 Å². The van der Waals surface area contributed by atoms with Crippen molar-refractivity contribution in [2.75, 3.05) is 51.0 Å². The fraction of sp³-hybridized carbons (Fsp3) is 0.333. The summed E-state index contributed by atoms with van der Waals surface area (Å²) in [6.07, 6.45) is 0.